The molecule has 0 aliphatic heterocycles. The number of aliphatic hydroxyl groups excluding tert-OH is 1. The standard InChI is InChI=1S/C19H30N4O4/c20-9-1-10-23(18(25)8-11-24)15-6-4-14(5-7-15)21-19(26)16-12-17(27-22-16)13-2-3-13/h12-15,24H,1-11,20H2,(H,21,26). The number of carbonyl (C=O) groups excluding carboxylic acids is 2. The number of aliphatic hydroxyl groups is 1. The van der Waals surface area contributed by atoms with Crippen molar-refractivity contribution in [2.24, 2.45) is 5.73 Å². The van der Waals surface area contributed by atoms with E-state index in [4.69, 9.17) is 15.4 Å². The third-order valence-electron chi connectivity index (χ3n) is 5.46. The molecular weight excluding hydrogens is 348 g/mol. The fourth-order valence-electron chi connectivity index (χ4n) is 3.76. The van der Waals surface area contributed by atoms with Crippen LogP contribution in [0.15, 0.2) is 10.6 Å². The summed E-state index contributed by atoms with van der Waals surface area (Å²) in [7, 11) is 0. The van der Waals surface area contributed by atoms with Gasteiger partial charge in [-0.3, -0.25) is 9.59 Å². The number of nitrogens with zero attached hydrogens (tertiary/aromatic N) is 2. The number of hydrogen-bond donors (Lipinski definition) is 3. The summed E-state index contributed by atoms with van der Waals surface area (Å²) in [4.78, 5) is 26.5. The van der Waals surface area contributed by atoms with E-state index in [0.717, 1.165) is 50.7 Å². The first-order chi connectivity index (χ1) is 13.1. The van der Waals surface area contributed by atoms with E-state index in [0.29, 0.717) is 24.7 Å². The lowest BCUT2D eigenvalue weighted by atomic mass is 9.89. The average molecular weight is 378 g/mol. The average Bonchev–Trinajstić information content (AvgIpc) is 3.40. The minimum atomic E-state index is -0.189. The van der Waals surface area contributed by atoms with Crippen LogP contribution in [0.2, 0.25) is 0 Å². The molecule has 4 N–H and O–H groups in total. The van der Waals surface area contributed by atoms with Gasteiger partial charge in [-0.2, -0.15) is 0 Å². The van der Waals surface area contributed by atoms with Crippen LogP contribution >= 0.6 is 0 Å². The molecular formula is C19H30N4O4. The summed E-state index contributed by atoms with van der Waals surface area (Å²) in [6.45, 7) is 1.03. The monoisotopic (exact) mass is 378 g/mol. The van der Waals surface area contributed by atoms with E-state index in [-0.39, 0.29) is 36.9 Å². The molecule has 1 heterocycles. The second-order valence-electron chi connectivity index (χ2n) is 7.57. The normalized spacial score (nSPS) is 22.4. The molecule has 0 atom stereocenters. The Morgan fingerprint density at radius 2 is 2.00 bits per heavy atom. The third-order valence-corrected chi connectivity index (χ3v) is 5.46. The highest BCUT2D eigenvalue weighted by atomic mass is 16.5. The molecule has 150 valence electrons. The van der Waals surface area contributed by atoms with Crippen molar-refractivity contribution in [3.63, 3.8) is 0 Å². The van der Waals surface area contributed by atoms with Crippen LogP contribution < -0.4 is 11.1 Å². The lowest BCUT2D eigenvalue weighted by molar-refractivity contribution is -0.135. The Kier molecular flexibility index (Phi) is 6.84. The number of carbonyl (C=O) groups is 2. The Hall–Kier alpha value is -1.93. The highest BCUT2D eigenvalue weighted by molar-refractivity contribution is 5.92. The highest BCUT2D eigenvalue weighted by Gasteiger charge is 2.31. The summed E-state index contributed by atoms with van der Waals surface area (Å²) in [5, 5.41) is 16.0. The fraction of sp³-hybridized carbons (Fsp3) is 0.737. The second kappa shape index (κ2) is 9.32. The molecule has 2 aliphatic rings. The molecule has 1 aromatic rings. The first-order valence-corrected chi connectivity index (χ1v) is 10.00. The first-order valence-electron chi connectivity index (χ1n) is 10.00. The molecule has 8 heteroatoms. The molecule has 0 saturated heterocycles. The summed E-state index contributed by atoms with van der Waals surface area (Å²) in [6, 6.07) is 1.98. The topological polar surface area (TPSA) is 122 Å². The van der Waals surface area contributed by atoms with Crippen LogP contribution in [0.5, 0.6) is 0 Å². The van der Waals surface area contributed by atoms with Gasteiger partial charge in [0.15, 0.2) is 5.69 Å². The zero-order valence-corrected chi connectivity index (χ0v) is 15.7. The van der Waals surface area contributed by atoms with Crippen LogP contribution in [0.4, 0.5) is 0 Å². The van der Waals surface area contributed by atoms with Gasteiger partial charge in [-0.25, -0.2) is 0 Å². The van der Waals surface area contributed by atoms with E-state index in [1.165, 1.54) is 0 Å². The van der Waals surface area contributed by atoms with Gasteiger partial charge in [0.1, 0.15) is 5.76 Å². The highest BCUT2D eigenvalue weighted by Crippen LogP contribution is 2.40. The van der Waals surface area contributed by atoms with E-state index in [2.05, 4.69) is 10.5 Å². The maximum atomic E-state index is 12.4. The van der Waals surface area contributed by atoms with Crippen molar-refractivity contribution in [2.45, 2.75) is 69.4 Å². The van der Waals surface area contributed by atoms with Gasteiger partial charge < -0.3 is 25.6 Å². The largest absolute Gasteiger partial charge is 0.396 e. The summed E-state index contributed by atoms with van der Waals surface area (Å²) in [6.07, 6.45) is 6.41. The van der Waals surface area contributed by atoms with Crippen molar-refractivity contribution in [1.29, 1.82) is 0 Å². The smallest absolute Gasteiger partial charge is 0.273 e. The van der Waals surface area contributed by atoms with Gasteiger partial charge in [0.05, 0.1) is 6.61 Å². The van der Waals surface area contributed by atoms with Crippen molar-refractivity contribution in [3.05, 3.63) is 17.5 Å². The fourth-order valence-corrected chi connectivity index (χ4v) is 3.76. The molecule has 0 spiro atoms. The van der Waals surface area contributed by atoms with Crippen LogP contribution in [-0.4, -0.2) is 58.8 Å². The molecule has 27 heavy (non-hydrogen) atoms. The van der Waals surface area contributed by atoms with Gasteiger partial charge in [-0.05, 0) is 51.5 Å². The molecule has 0 aromatic carbocycles. The van der Waals surface area contributed by atoms with Crippen molar-refractivity contribution in [2.75, 3.05) is 19.7 Å². The maximum Gasteiger partial charge on any atom is 0.273 e. The number of nitrogens with two attached hydrogens (primary N) is 1. The summed E-state index contributed by atoms with van der Waals surface area (Å²) < 4.78 is 5.25. The van der Waals surface area contributed by atoms with E-state index in [1.807, 2.05) is 4.90 Å². The number of hydrogen-bond acceptors (Lipinski definition) is 6. The third kappa shape index (κ3) is 5.29. The number of aromatic nitrogens is 1. The van der Waals surface area contributed by atoms with Crippen molar-refractivity contribution < 1.29 is 19.2 Å². The van der Waals surface area contributed by atoms with Crippen LogP contribution in [0, 0.1) is 0 Å². The molecule has 0 radical (unpaired) electrons. The Bertz CT molecular complexity index is 635. The van der Waals surface area contributed by atoms with Crippen LogP contribution in [-0.2, 0) is 4.79 Å². The lowest BCUT2D eigenvalue weighted by Gasteiger charge is -2.37. The van der Waals surface area contributed by atoms with Gasteiger partial charge in [0, 0.05) is 37.0 Å². The molecule has 2 saturated carbocycles. The van der Waals surface area contributed by atoms with E-state index in [9.17, 15) is 9.59 Å². The molecule has 1 aromatic heterocycles. The molecule has 3 rings (SSSR count). The van der Waals surface area contributed by atoms with Gasteiger partial charge >= 0.3 is 0 Å². The number of nitrogens with one attached hydrogen (secondary N) is 1. The number of amides is 2. The zero-order chi connectivity index (χ0) is 19.2. The van der Waals surface area contributed by atoms with Crippen molar-refractivity contribution in [3.8, 4) is 0 Å². The molecule has 8 nitrogen and oxygen atoms in total. The van der Waals surface area contributed by atoms with E-state index in [1.54, 1.807) is 6.07 Å². The van der Waals surface area contributed by atoms with Gasteiger partial charge in [0.25, 0.3) is 5.91 Å². The van der Waals surface area contributed by atoms with Crippen molar-refractivity contribution >= 4 is 11.8 Å². The van der Waals surface area contributed by atoms with Crippen LogP contribution in [0.25, 0.3) is 0 Å². The molecule has 2 aliphatic carbocycles. The van der Waals surface area contributed by atoms with E-state index < -0.39 is 0 Å². The second-order valence-corrected chi connectivity index (χ2v) is 7.57. The van der Waals surface area contributed by atoms with Crippen LogP contribution in [0.3, 0.4) is 0 Å². The minimum Gasteiger partial charge on any atom is -0.396 e. The van der Waals surface area contributed by atoms with Gasteiger partial charge in [0.2, 0.25) is 5.91 Å². The zero-order valence-electron chi connectivity index (χ0n) is 15.7. The maximum absolute atomic E-state index is 12.4. The van der Waals surface area contributed by atoms with Gasteiger partial charge in [-0.15, -0.1) is 0 Å². The molecule has 0 bridgehead atoms. The summed E-state index contributed by atoms with van der Waals surface area (Å²) in [5.74, 6) is 1.03. The van der Waals surface area contributed by atoms with E-state index >= 15 is 0 Å². The lowest BCUT2D eigenvalue weighted by Crippen LogP contribution is -2.47. The SMILES string of the molecule is NCCCN(C(=O)CCO)C1CCC(NC(=O)c2cc(C3CC3)on2)CC1. The molecule has 2 amide bonds. The predicted octanol–water partition coefficient (Wildman–Crippen LogP) is 1.15. The van der Waals surface area contributed by atoms with Crippen LogP contribution in [0.1, 0.15) is 73.5 Å². The molecule has 2 fully saturated rings. The Morgan fingerprint density at radius 3 is 2.63 bits per heavy atom. The van der Waals surface area contributed by atoms with Gasteiger partial charge in [-0.1, -0.05) is 5.16 Å². The minimum absolute atomic E-state index is 0.0198. The Labute approximate surface area is 159 Å². The molecule has 0 unspecified atom stereocenters. The van der Waals surface area contributed by atoms with Crippen molar-refractivity contribution in [1.82, 2.24) is 15.4 Å². The summed E-state index contributed by atoms with van der Waals surface area (Å²) in [5.41, 5.74) is 5.94. The summed E-state index contributed by atoms with van der Waals surface area (Å²) >= 11 is 0. The number of rotatable bonds is 9. The first kappa shape index (κ1) is 19.8. The Balaban J connectivity index is 1.49. The quantitative estimate of drug-likeness (QED) is 0.593. The predicted molar refractivity (Wildman–Crippen MR) is 99.1 cm³/mol. The Morgan fingerprint density at radius 1 is 1.26 bits per heavy atom.